The van der Waals surface area contributed by atoms with E-state index in [4.69, 9.17) is 9.47 Å². The fraction of sp³-hybridized carbons (Fsp3) is 0.480. The van der Waals surface area contributed by atoms with Gasteiger partial charge in [0.15, 0.2) is 0 Å². The second kappa shape index (κ2) is 12.2. The van der Waals surface area contributed by atoms with E-state index in [1.54, 1.807) is 12.1 Å². The van der Waals surface area contributed by atoms with E-state index in [0.29, 0.717) is 11.3 Å². The number of carbonyl (C=O) groups excluding carboxylic acids is 1. The molecule has 2 aromatic rings. The maximum Gasteiger partial charge on any atom is 0.343 e. The summed E-state index contributed by atoms with van der Waals surface area (Å²) in [5.74, 6) is 1.02. The smallest absolute Gasteiger partial charge is 0.343 e. The summed E-state index contributed by atoms with van der Waals surface area (Å²) in [6, 6.07) is 15.0. The van der Waals surface area contributed by atoms with Crippen LogP contribution in [0.15, 0.2) is 48.5 Å². The lowest BCUT2D eigenvalue weighted by molar-refractivity contribution is 0.0734. The molecule has 0 N–H and O–H groups in total. The second-order valence-electron chi connectivity index (χ2n) is 7.44. The van der Waals surface area contributed by atoms with Crippen LogP contribution in [0.1, 0.15) is 81.6 Å². The molecule has 0 bridgehead atoms. The van der Waals surface area contributed by atoms with Gasteiger partial charge >= 0.3 is 5.97 Å². The molecule has 0 aliphatic rings. The van der Waals surface area contributed by atoms with E-state index in [9.17, 15) is 4.79 Å². The Morgan fingerprint density at radius 3 is 2.11 bits per heavy atom. The zero-order valence-corrected chi connectivity index (χ0v) is 17.6. The Morgan fingerprint density at radius 1 is 0.821 bits per heavy atom. The Morgan fingerprint density at radius 2 is 1.46 bits per heavy atom. The van der Waals surface area contributed by atoms with Crippen molar-refractivity contribution in [2.45, 2.75) is 78.2 Å². The van der Waals surface area contributed by atoms with Gasteiger partial charge in [0.2, 0.25) is 0 Å². The van der Waals surface area contributed by atoms with Crippen LogP contribution < -0.4 is 9.47 Å². The topological polar surface area (TPSA) is 35.5 Å². The Bertz CT molecular complexity index is 689. The van der Waals surface area contributed by atoms with Crippen LogP contribution in [0.2, 0.25) is 0 Å². The first-order chi connectivity index (χ1) is 13.6. The highest BCUT2D eigenvalue weighted by Gasteiger charge is 2.10. The summed E-state index contributed by atoms with van der Waals surface area (Å²) < 4.78 is 11.4. The first-order valence-electron chi connectivity index (χ1n) is 10.7. The molecule has 0 aliphatic heterocycles. The van der Waals surface area contributed by atoms with Crippen molar-refractivity contribution in [3.8, 4) is 11.5 Å². The Hall–Kier alpha value is -2.29. The van der Waals surface area contributed by atoms with Gasteiger partial charge in [-0.25, -0.2) is 4.79 Å². The lowest BCUT2D eigenvalue weighted by Crippen LogP contribution is -2.12. The zero-order valence-electron chi connectivity index (χ0n) is 17.6. The van der Waals surface area contributed by atoms with Gasteiger partial charge in [0, 0.05) is 0 Å². The van der Waals surface area contributed by atoms with Crippen molar-refractivity contribution in [1.29, 1.82) is 0 Å². The fourth-order valence-corrected chi connectivity index (χ4v) is 3.09. The van der Waals surface area contributed by atoms with Crippen molar-refractivity contribution >= 4 is 5.97 Å². The van der Waals surface area contributed by atoms with Gasteiger partial charge in [-0.15, -0.1) is 0 Å². The molecule has 0 spiro atoms. The van der Waals surface area contributed by atoms with Gasteiger partial charge < -0.3 is 9.47 Å². The van der Waals surface area contributed by atoms with Gasteiger partial charge in [0.25, 0.3) is 0 Å². The average Bonchev–Trinajstić information content (AvgIpc) is 2.71. The SMILES string of the molecule is CCCCCCC(C)Oc1ccc(C(=O)Oc2ccc(CCCC)cc2)cc1. The lowest BCUT2D eigenvalue weighted by Gasteiger charge is -2.14. The summed E-state index contributed by atoms with van der Waals surface area (Å²) in [5, 5.41) is 0. The number of hydrogen-bond acceptors (Lipinski definition) is 3. The highest BCUT2D eigenvalue weighted by Crippen LogP contribution is 2.19. The van der Waals surface area contributed by atoms with Crippen LogP contribution in [-0.4, -0.2) is 12.1 Å². The Balaban J connectivity index is 1.82. The van der Waals surface area contributed by atoms with Crippen LogP contribution in [0.25, 0.3) is 0 Å². The van der Waals surface area contributed by atoms with Gasteiger partial charge in [-0.05, 0) is 74.6 Å². The molecule has 0 aliphatic carbocycles. The molecule has 0 saturated heterocycles. The summed E-state index contributed by atoms with van der Waals surface area (Å²) in [6.07, 6.45) is 9.62. The number of ether oxygens (including phenoxy) is 2. The molecule has 2 aromatic carbocycles. The van der Waals surface area contributed by atoms with Crippen LogP contribution in [0.3, 0.4) is 0 Å². The molecule has 0 radical (unpaired) electrons. The van der Waals surface area contributed by atoms with E-state index in [0.717, 1.165) is 18.6 Å². The Kier molecular flexibility index (Phi) is 9.61. The van der Waals surface area contributed by atoms with Crippen molar-refractivity contribution in [2.24, 2.45) is 0 Å². The normalized spacial score (nSPS) is 11.8. The first-order valence-corrected chi connectivity index (χ1v) is 10.7. The highest BCUT2D eigenvalue weighted by molar-refractivity contribution is 5.91. The first kappa shape index (κ1) is 22.0. The molecule has 28 heavy (non-hydrogen) atoms. The van der Waals surface area contributed by atoms with Gasteiger partial charge in [-0.1, -0.05) is 51.7 Å². The Labute approximate surface area is 170 Å². The minimum atomic E-state index is -0.347. The summed E-state index contributed by atoms with van der Waals surface area (Å²) in [6.45, 7) is 6.49. The minimum absolute atomic E-state index is 0.181. The number of aryl methyl sites for hydroxylation is 1. The predicted octanol–water partition coefficient (Wildman–Crippen LogP) is 6.99. The molecule has 1 atom stereocenters. The second-order valence-corrected chi connectivity index (χ2v) is 7.44. The maximum absolute atomic E-state index is 12.3. The van der Waals surface area contributed by atoms with Gasteiger partial charge in [-0.2, -0.15) is 0 Å². The van der Waals surface area contributed by atoms with E-state index in [1.807, 2.05) is 36.4 Å². The number of esters is 1. The number of unbranched alkanes of at least 4 members (excludes halogenated alkanes) is 4. The monoisotopic (exact) mass is 382 g/mol. The van der Waals surface area contributed by atoms with Crippen LogP contribution in [0, 0.1) is 0 Å². The summed E-state index contributed by atoms with van der Waals surface area (Å²) in [7, 11) is 0. The van der Waals surface area contributed by atoms with Crippen LogP contribution >= 0.6 is 0 Å². The fourth-order valence-electron chi connectivity index (χ4n) is 3.09. The molecule has 0 aromatic heterocycles. The van der Waals surface area contributed by atoms with Gasteiger partial charge in [0.05, 0.1) is 11.7 Å². The van der Waals surface area contributed by atoms with Gasteiger partial charge in [0.1, 0.15) is 11.5 Å². The summed E-state index contributed by atoms with van der Waals surface area (Å²) in [5.41, 5.74) is 1.80. The van der Waals surface area contributed by atoms with Crippen molar-refractivity contribution in [1.82, 2.24) is 0 Å². The number of carbonyl (C=O) groups is 1. The molecule has 3 heteroatoms. The third-order valence-corrected chi connectivity index (χ3v) is 4.84. The minimum Gasteiger partial charge on any atom is -0.491 e. The van der Waals surface area contributed by atoms with E-state index in [2.05, 4.69) is 20.8 Å². The third-order valence-electron chi connectivity index (χ3n) is 4.84. The molecule has 2 rings (SSSR count). The van der Waals surface area contributed by atoms with Crippen LogP contribution in [0.4, 0.5) is 0 Å². The number of rotatable bonds is 12. The van der Waals surface area contributed by atoms with Crippen molar-refractivity contribution in [3.05, 3.63) is 59.7 Å². The number of benzene rings is 2. The molecule has 0 amide bonds. The van der Waals surface area contributed by atoms with E-state index in [1.165, 1.54) is 44.1 Å². The molecule has 1 unspecified atom stereocenters. The van der Waals surface area contributed by atoms with Gasteiger partial charge in [-0.3, -0.25) is 0 Å². The van der Waals surface area contributed by atoms with Crippen molar-refractivity contribution < 1.29 is 14.3 Å². The molecule has 0 fully saturated rings. The summed E-state index contributed by atoms with van der Waals surface area (Å²) >= 11 is 0. The standard InChI is InChI=1S/C25H34O3/c1-4-6-8-9-10-20(3)27-23-18-14-22(15-19-23)25(26)28-24-16-12-21(13-17-24)11-7-5-2/h12-20H,4-11H2,1-3H3. The number of hydrogen-bond donors (Lipinski definition) is 0. The van der Waals surface area contributed by atoms with E-state index >= 15 is 0 Å². The molecule has 152 valence electrons. The average molecular weight is 383 g/mol. The third kappa shape index (κ3) is 7.75. The van der Waals surface area contributed by atoms with E-state index < -0.39 is 0 Å². The molecule has 3 nitrogen and oxygen atoms in total. The van der Waals surface area contributed by atoms with Crippen molar-refractivity contribution in [3.63, 3.8) is 0 Å². The molecular weight excluding hydrogens is 348 g/mol. The molecule has 0 saturated carbocycles. The van der Waals surface area contributed by atoms with Crippen molar-refractivity contribution in [2.75, 3.05) is 0 Å². The largest absolute Gasteiger partial charge is 0.491 e. The molecular formula is C25H34O3. The highest BCUT2D eigenvalue weighted by atomic mass is 16.5. The predicted molar refractivity (Wildman–Crippen MR) is 115 cm³/mol. The summed E-state index contributed by atoms with van der Waals surface area (Å²) in [4.78, 5) is 12.3. The zero-order chi connectivity index (χ0) is 20.2. The quantitative estimate of drug-likeness (QED) is 0.225. The maximum atomic E-state index is 12.3. The molecule has 0 heterocycles. The van der Waals surface area contributed by atoms with Crippen LogP contribution in [-0.2, 0) is 6.42 Å². The van der Waals surface area contributed by atoms with E-state index in [-0.39, 0.29) is 12.1 Å². The lowest BCUT2D eigenvalue weighted by atomic mass is 10.1. The van der Waals surface area contributed by atoms with Crippen LogP contribution in [0.5, 0.6) is 11.5 Å².